The molecule has 2 aromatic carbocycles. The van der Waals surface area contributed by atoms with E-state index in [1.165, 1.54) is 34.6 Å². The molecule has 0 aliphatic carbocycles. The first-order valence-electron chi connectivity index (χ1n) is 10.5. The van der Waals surface area contributed by atoms with Gasteiger partial charge in [0, 0.05) is 30.3 Å². The van der Waals surface area contributed by atoms with Gasteiger partial charge in [-0.2, -0.15) is 4.31 Å². The third-order valence-corrected chi connectivity index (χ3v) is 6.88. The molecule has 1 aliphatic rings. The van der Waals surface area contributed by atoms with Crippen LogP contribution >= 0.6 is 0 Å². The number of hydrogen-bond acceptors (Lipinski definition) is 5. The lowest BCUT2D eigenvalue weighted by Gasteiger charge is -2.26. The van der Waals surface area contributed by atoms with E-state index in [1.54, 1.807) is 12.1 Å². The van der Waals surface area contributed by atoms with Crippen LogP contribution in [0.4, 0.5) is 0 Å². The van der Waals surface area contributed by atoms with E-state index in [9.17, 15) is 18.0 Å². The van der Waals surface area contributed by atoms with Crippen molar-refractivity contribution in [3.63, 3.8) is 0 Å². The van der Waals surface area contributed by atoms with Gasteiger partial charge >= 0.3 is 0 Å². The molecule has 0 saturated carbocycles. The van der Waals surface area contributed by atoms with Crippen LogP contribution in [0.3, 0.4) is 0 Å². The number of benzene rings is 2. The molecule has 32 heavy (non-hydrogen) atoms. The number of carbonyl (C=O) groups excluding carboxylic acids is 2. The van der Waals surface area contributed by atoms with Crippen molar-refractivity contribution in [3.05, 3.63) is 65.7 Å². The minimum atomic E-state index is -3.65. The molecule has 1 heterocycles. The zero-order valence-electron chi connectivity index (χ0n) is 17.9. The summed E-state index contributed by atoms with van der Waals surface area (Å²) >= 11 is 0. The first kappa shape index (κ1) is 23.5. The summed E-state index contributed by atoms with van der Waals surface area (Å²) in [6, 6.07) is 13.1. The lowest BCUT2D eigenvalue weighted by Crippen LogP contribution is -2.41. The molecule has 0 unspecified atom stereocenters. The minimum Gasteiger partial charge on any atom is -0.493 e. The summed E-state index contributed by atoms with van der Waals surface area (Å²) in [5.74, 6) is -0.506. The van der Waals surface area contributed by atoms with Crippen molar-refractivity contribution >= 4 is 27.9 Å². The molecule has 8 nitrogen and oxygen atoms in total. The topological polar surface area (TPSA) is 105 Å². The highest BCUT2D eigenvalue weighted by atomic mass is 32.2. The van der Waals surface area contributed by atoms with Crippen LogP contribution in [-0.4, -0.2) is 44.2 Å². The maximum absolute atomic E-state index is 12.8. The van der Waals surface area contributed by atoms with Crippen molar-refractivity contribution in [1.29, 1.82) is 0 Å². The monoisotopic (exact) mass is 457 g/mol. The average molecular weight is 458 g/mol. The molecule has 170 valence electrons. The number of amides is 2. The van der Waals surface area contributed by atoms with Gasteiger partial charge in [-0.3, -0.25) is 20.4 Å². The van der Waals surface area contributed by atoms with E-state index < -0.39 is 21.8 Å². The van der Waals surface area contributed by atoms with Crippen LogP contribution in [0.25, 0.3) is 6.08 Å². The second-order valence-corrected chi connectivity index (χ2v) is 9.18. The molecule has 0 spiro atoms. The van der Waals surface area contributed by atoms with Gasteiger partial charge < -0.3 is 4.74 Å². The number of hydrazine groups is 1. The summed E-state index contributed by atoms with van der Waals surface area (Å²) in [7, 11) is -3.65. The number of ether oxygens (including phenoxy) is 1. The minimum absolute atomic E-state index is 0.0609. The quantitative estimate of drug-likeness (QED) is 0.491. The van der Waals surface area contributed by atoms with Gasteiger partial charge in [-0.1, -0.05) is 30.7 Å². The van der Waals surface area contributed by atoms with Crippen molar-refractivity contribution < 1.29 is 22.7 Å². The highest BCUT2D eigenvalue weighted by Gasteiger charge is 2.26. The highest BCUT2D eigenvalue weighted by molar-refractivity contribution is 7.89. The molecule has 9 heteroatoms. The average Bonchev–Trinajstić information content (AvgIpc) is 2.82. The molecule has 1 aliphatic heterocycles. The zero-order valence-corrected chi connectivity index (χ0v) is 18.7. The number of rotatable bonds is 7. The molecular weight excluding hydrogens is 430 g/mol. The number of nitrogens with zero attached hydrogens (tertiary/aromatic N) is 1. The predicted molar refractivity (Wildman–Crippen MR) is 121 cm³/mol. The molecule has 0 bridgehead atoms. The maximum Gasteiger partial charge on any atom is 0.269 e. The van der Waals surface area contributed by atoms with E-state index in [1.807, 2.05) is 25.1 Å². The number of nitrogens with one attached hydrogen (secondary N) is 2. The fourth-order valence-corrected chi connectivity index (χ4v) is 4.92. The van der Waals surface area contributed by atoms with Crippen molar-refractivity contribution in [3.8, 4) is 5.75 Å². The Bertz CT molecular complexity index is 1090. The third-order valence-electron chi connectivity index (χ3n) is 4.98. The van der Waals surface area contributed by atoms with Gasteiger partial charge in [0.15, 0.2) is 0 Å². The first-order chi connectivity index (χ1) is 15.4. The van der Waals surface area contributed by atoms with Gasteiger partial charge in [0.25, 0.3) is 11.8 Å². The van der Waals surface area contributed by atoms with E-state index in [0.717, 1.165) is 24.8 Å². The molecule has 3 rings (SSSR count). The van der Waals surface area contributed by atoms with Gasteiger partial charge in [-0.25, -0.2) is 8.42 Å². The summed E-state index contributed by atoms with van der Waals surface area (Å²) < 4.78 is 32.6. The molecule has 2 amide bonds. The standard InChI is InChI=1S/C23H27N3O5S/c1-2-31-21-12-5-4-9-18(21)13-14-22(27)24-25-23(28)19-10-8-11-20(17-19)32(29,30)26-15-6-3-7-16-26/h4-5,8-14,17H,2-3,6-7,15-16H2,1H3,(H,24,27)(H,25,28)/b14-13+. The third kappa shape index (κ3) is 5.95. The number of carbonyl (C=O) groups is 2. The Labute approximate surface area is 188 Å². The molecule has 0 atom stereocenters. The molecule has 1 saturated heterocycles. The summed E-state index contributed by atoms with van der Waals surface area (Å²) in [5.41, 5.74) is 5.46. The molecule has 1 fully saturated rings. The smallest absolute Gasteiger partial charge is 0.269 e. The van der Waals surface area contributed by atoms with Crippen molar-refractivity contribution in [1.82, 2.24) is 15.2 Å². The number of sulfonamides is 1. The molecule has 0 radical (unpaired) electrons. The van der Waals surface area contributed by atoms with Crippen LogP contribution in [-0.2, 0) is 14.8 Å². The zero-order chi connectivity index (χ0) is 23.0. The van der Waals surface area contributed by atoms with E-state index >= 15 is 0 Å². The van der Waals surface area contributed by atoms with Gasteiger partial charge in [0.1, 0.15) is 5.75 Å². The largest absolute Gasteiger partial charge is 0.493 e. The second kappa shape index (κ2) is 10.9. The van der Waals surface area contributed by atoms with E-state index in [2.05, 4.69) is 10.9 Å². The van der Waals surface area contributed by atoms with E-state index in [-0.39, 0.29) is 10.5 Å². The Kier molecular flexibility index (Phi) is 8.02. The highest BCUT2D eigenvalue weighted by Crippen LogP contribution is 2.21. The number of para-hydroxylation sites is 1. The lowest BCUT2D eigenvalue weighted by molar-refractivity contribution is -0.117. The first-order valence-corrected chi connectivity index (χ1v) is 12.0. The molecular formula is C23H27N3O5S. The van der Waals surface area contributed by atoms with Crippen molar-refractivity contribution in [2.75, 3.05) is 19.7 Å². The SMILES string of the molecule is CCOc1ccccc1/C=C/C(=O)NNC(=O)c1cccc(S(=O)(=O)N2CCCCC2)c1. The van der Waals surface area contributed by atoms with Crippen LogP contribution in [0.15, 0.2) is 59.5 Å². The van der Waals surface area contributed by atoms with Crippen LogP contribution in [0, 0.1) is 0 Å². The molecule has 2 aromatic rings. The fraction of sp³-hybridized carbons (Fsp3) is 0.304. The Balaban J connectivity index is 1.62. The van der Waals surface area contributed by atoms with Gasteiger partial charge in [-0.15, -0.1) is 0 Å². The predicted octanol–water partition coefficient (Wildman–Crippen LogP) is 2.73. The van der Waals surface area contributed by atoms with Crippen LogP contribution in [0.2, 0.25) is 0 Å². The Morgan fingerprint density at radius 3 is 2.53 bits per heavy atom. The number of hydrogen-bond donors (Lipinski definition) is 2. The van der Waals surface area contributed by atoms with Crippen LogP contribution in [0.1, 0.15) is 42.1 Å². The molecule has 0 aromatic heterocycles. The lowest BCUT2D eigenvalue weighted by atomic mass is 10.2. The van der Waals surface area contributed by atoms with E-state index in [4.69, 9.17) is 4.74 Å². The normalized spacial score (nSPS) is 14.8. The summed E-state index contributed by atoms with van der Waals surface area (Å²) in [6.45, 7) is 3.33. The van der Waals surface area contributed by atoms with Crippen LogP contribution in [0.5, 0.6) is 5.75 Å². The maximum atomic E-state index is 12.8. The van der Waals surface area contributed by atoms with Crippen molar-refractivity contribution in [2.24, 2.45) is 0 Å². The summed E-state index contributed by atoms with van der Waals surface area (Å²) in [5, 5.41) is 0. The number of piperidine rings is 1. The fourth-order valence-electron chi connectivity index (χ4n) is 3.35. The Morgan fingerprint density at radius 2 is 1.78 bits per heavy atom. The Hall–Kier alpha value is -3.17. The molecule has 2 N–H and O–H groups in total. The Morgan fingerprint density at radius 1 is 1.03 bits per heavy atom. The van der Waals surface area contributed by atoms with Gasteiger partial charge in [0.05, 0.1) is 11.5 Å². The van der Waals surface area contributed by atoms with Crippen molar-refractivity contribution in [2.45, 2.75) is 31.1 Å². The summed E-state index contributed by atoms with van der Waals surface area (Å²) in [4.78, 5) is 24.6. The van der Waals surface area contributed by atoms with Gasteiger partial charge in [-0.05, 0) is 50.1 Å². The second-order valence-electron chi connectivity index (χ2n) is 7.24. The van der Waals surface area contributed by atoms with E-state index in [0.29, 0.717) is 25.4 Å². The summed E-state index contributed by atoms with van der Waals surface area (Å²) in [6.07, 6.45) is 5.52. The van der Waals surface area contributed by atoms with Crippen LogP contribution < -0.4 is 15.6 Å². The van der Waals surface area contributed by atoms with Gasteiger partial charge in [0.2, 0.25) is 10.0 Å².